The number of carboxylic acid groups (broad SMARTS) is 2. The number of aliphatic carboxylic acids is 2. The normalized spacial score (nSPS) is 16.8. The maximum Gasteiger partial charge on any atom is 0.490 e. The van der Waals surface area contributed by atoms with Crippen molar-refractivity contribution >= 4 is 29.3 Å². The molecule has 0 spiro atoms. The van der Waals surface area contributed by atoms with E-state index in [4.69, 9.17) is 24.8 Å². The molecule has 2 aliphatic rings. The van der Waals surface area contributed by atoms with E-state index in [1.165, 1.54) is 25.7 Å². The molecule has 2 aliphatic heterocycles. The molecule has 3 aromatic heterocycles. The van der Waals surface area contributed by atoms with Crippen molar-refractivity contribution in [3.05, 3.63) is 66.5 Å². The highest BCUT2D eigenvalue weighted by Gasteiger charge is 2.39. The number of hydrogen-bond donors (Lipinski definition) is 4. The first kappa shape index (κ1) is 39.7. The van der Waals surface area contributed by atoms with Crippen molar-refractivity contribution in [2.75, 3.05) is 32.0 Å². The zero-order valence-corrected chi connectivity index (χ0v) is 28.0. The van der Waals surface area contributed by atoms with Gasteiger partial charge in [0, 0.05) is 30.1 Å². The Labute approximate surface area is 293 Å². The molecule has 0 radical (unpaired) electrons. The van der Waals surface area contributed by atoms with Crippen LogP contribution in [0.2, 0.25) is 0 Å². The Morgan fingerprint density at radius 1 is 0.904 bits per heavy atom. The van der Waals surface area contributed by atoms with Gasteiger partial charge in [0.2, 0.25) is 0 Å². The fourth-order valence-corrected chi connectivity index (χ4v) is 5.78. The van der Waals surface area contributed by atoms with Crippen molar-refractivity contribution in [2.45, 2.75) is 63.5 Å². The van der Waals surface area contributed by atoms with Crippen molar-refractivity contribution in [1.82, 2.24) is 34.4 Å². The molecule has 6 rings (SSSR count). The number of imidazole rings is 1. The van der Waals surface area contributed by atoms with Gasteiger partial charge in [0.25, 0.3) is 5.91 Å². The number of fused-ring (bicyclic) bond motifs is 1. The summed E-state index contributed by atoms with van der Waals surface area (Å²) >= 11 is 0. The number of nitrogens with zero attached hydrogens (tertiary/aromatic N) is 6. The molecule has 1 aromatic carbocycles. The van der Waals surface area contributed by atoms with E-state index < -0.39 is 24.3 Å². The molecule has 2 saturated heterocycles. The summed E-state index contributed by atoms with van der Waals surface area (Å²) in [6.45, 7) is 4.34. The Morgan fingerprint density at radius 2 is 1.54 bits per heavy atom. The number of hydrogen-bond acceptors (Lipinski definition) is 8. The van der Waals surface area contributed by atoms with Crippen molar-refractivity contribution in [3.8, 4) is 11.1 Å². The molecule has 4 aromatic rings. The molecule has 1 amide bonds. The van der Waals surface area contributed by atoms with E-state index in [1.807, 2.05) is 51.9 Å². The predicted octanol–water partition coefficient (Wildman–Crippen LogP) is 5.66. The number of alkyl halides is 6. The zero-order valence-electron chi connectivity index (χ0n) is 28.0. The SMILES string of the molecule is CN1CCC[C@@H]1c1cn2cc(NC(=O)c3ccc(-c4cnn(CCCC5CCNCC5)c4)cc3)ncc2n1.O=C(O)C(F)(F)F.O=C(O)C(F)(F)F. The highest BCUT2D eigenvalue weighted by atomic mass is 19.4. The molecule has 19 heteroatoms. The van der Waals surface area contributed by atoms with Gasteiger partial charge >= 0.3 is 24.3 Å². The Morgan fingerprint density at radius 3 is 2.12 bits per heavy atom. The van der Waals surface area contributed by atoms with Gasteiger partial charge in [0.05, 0.1) is 30.3 Å². The summed E-state index contributed by atoms with van der Waals surface area (Å²) in [5.41, 5.74) is 4.54. The Balaban J connectivity index is 0.000000367. The third-order valence-corrected chi connectivity index (χ3v) is 8.52. The first-order valence-corrected chi connectivity index (χ1v) is 16.3. The quantitative estimate of drug-likeness (QED) is 0.166. The van der Waals surface area contributed by atoms with Gasteiger partial charge in [-0.05, 0) is 88.8 Å². The number of carbonyl (C=O) groups excluding carboxylic acids is 1. The molecular formula is C33H38F6N8O5. The van der Waals surface area contributed by atoms with Gasteiger partial charge in [0.15, 0.2) is 5.65 Å². The predicted molar refractivity (Wildman–Crippen MR) is 175 cm³/mol. The van der Waals surface area contributed by atoms with Crippen LogP contribution in [0.1, 0.15) is 60.6 Å². The number of aromatic nitrogens is 5. The lowest BCUT2D eigenvalue weighted by atomic mass is 9.93. The fraction of sp³-hybridized carbons (Fsp3) is 0.455. The minimum atomic E-state index is -5.08. The average molecular weight is 741 g/mol. The van der Waals surface area contributed by atoms with Crippen LogP contribution < -0.4 is 10.6 Å². The minimum absolute atomic E-state index is 0.187. The molecule has 2 fully saturated rings. The van der Waals surface area contributed by atoms with Crippen molar-refractivity contribution < 1.29 is 50.9 Å². The molecule has 0 saturated carbocycles. The second-order valence-electron chi connectivity index (χ2n) is 12.3. The van der Waals surface area contributed by atoms with Gasteiger partial charge in [-0.3, -0.25) is 14.4 Å². The lowest BCUT2D eigenvalue weighted by Gasteiger charge is -2.22. The summed E-state index contributed by atoms with van der Waals surface area (Å²) in [5.74, 6) is -4.35. The summed E-state index contributed by atoms with van der Waals surface area (Å²) in [7, 11) is 2.14. The number of piperidine rings is 1. The van der Waals surface area contributed by atoms with Crippen LogP contribution in [-0.2, 0) is 16.1 Å². The molecule has 13 nitrogen and oxygen atoms in total. The summed E-state index contributed by atoms with van der Waals surface area (Å²) in [6, 6.07) is 7.99. The number of likely N-dealkylation sites (tertiary alicyclic amines) is 1. The van der Waals surface area contributed by atoms with Crippen molar-refractivity contribution in [2.24, 2.45) is 5.92 Å². The van der Waals surface area contributed by atoms with Crippen molar-refractivity contribution in [3.63, 3.8) is 0 Å². The van der Waals surface area contributed by atoms with Gasteiger partial charge in [-0.15, -0.1) is 0 Å². The fourth-order valence-electron chi connectivity index (χ4n) is 5.78. The van der Waals surface area contributed by atoms with E-state index in [0.29, 0.717) is 17.4 Å². The summed E-state index contributed by atoms with van der Waals surface area (Å²) < 4.78 is 67.4. The second kappa shape index (κ2) is 17.5. The summed E-state index contributed by atoms with van der Waals surface area (Å²) in [5, 5.41) is 25.2. The number of carbonyl (C=O) groups is 3. The van der Waals surface area contributed by atoms with Crippen LogP contribution >= 0.6 is 0 Å². The molecular weight excluding hydrogens is 702 g/mol. The molecule has 5 heterocycles. The van der Waals surface area contributed by atoms with Crippen LogP contribution in [0.4, 0.5) is 32.2 Å². The van der Waals surface area contributed by atoms with Crippen LogP contribution in [0.25, 0.3) is 16.8 Å². The Bertz CT molecular complexity index is 1780. The maximum atomic E-state index is 12.9. The lowest BCUT2D eigenvalue weighted by Crippen LogP contribution is -2.27. The largest absolute Gasteiger partial charge is 0.490 e. The van der Waals surface area contributed by atoms with Gasteiger partial charge in [-0.1, -0.05) is 12.1 Å². The number of amides is 1. The van der Waals surface area contributed by atoms with Crippen LogP contribution in [0.3, 0.4) is 0 Å². The monoisotopic (exact) mass is 740 g/mol. The summed E-state index contributed by atoms with van der Waals surface area (Å²) in [6.07, 6.45) is 6.72. The van der Waals surface area contributed by atoms with Gasteiger partial charge in [-0.2, -0.15) is 31.4 Å². The molecule has 52 heavy (non-hydrogen) atoms. The molecule has 282 valence electrons. The standard InChI is InChI=1S/C29H36N8O.2C2HF3O2/c1-35-14-3-5-26(35)25-19-36-20-27(31-17-28(36)33-25)34-29(38)23-8-6-22(7-9-23)24-16-32-37(18-24)15-2-4-21-10-12-30-13-11-21;2*3-2(4,5)1(6)7/h6-9,16-21,26,30H,2-5,10-15H2,1H3,(H,34,38);2*(H,6,7)/t26-;;/m1../s1. The Kier molecular flexibility index (Phi) is 13.3. The third kappa shape index (κ3) is 11.5. The number of anilines is 1. The van der Waals surface area contributed by atoms with Gasteiger partial charge in [0.1, 0.15) is 5.82 Å². The zero-order chi connectivity index (χ0) is 38.1. The number of aryl methyl sites for hydroxylation is 1. The summed E-state index contributed by atoms with van der Waals surface area (Å²) in [4.78, 5) is 42.2. The van der Waals surface area contributed by atoms with E-state index in [1.54, 1.807) is 6.20 Å². The van der Waals surface area contributed by atoms with Crippen molar-refractivity contribution in [1.29, 1.82) is 0 Å². The van der Waals surface area contributed by atoms with E-state index in [9.17, 15) is 31.1 Å². The molecule has 0 unspecified atom stereocenters. The molecule has 4 N–H and O–H groups in total. The first-order chi connectivity index (χ1) is 24.5. The van der Waals surface area contributed by atoms with E-state index >= 15 is 0 Å². The highest BCUT2D eigenvalue weighted by Crippen LogP contribution is 2.30. The number of halogens is 6. The maximum absolute atomic E-state index is 12.9. The number of benzene rings is 1. The van der Waals surface area contributed by atoms with Crippen LogP contribution in [0.5, 0.6) is 0 Å². The third-order valence-electron chi connectivity index (χ3n) is 8.52. The lowest BCUT2D eigenvalue weighted by molar-refractivity contribution is -0.193. The van der Waals surface area contributed by atoms with Crippen LogP contribution in [0, 0.1) is 5.92 Å². The molecule has 0 bridgehead atoms. The van der Waals surface area contributed by atoms with E-state index in [0.717, 1.165) is 67.4 Å². The minimum Gasteiger partial charge on any atom is -0.475 e. The number of rotatable bonds is 8. The highest BCUT2D eigenvalue weighted by molar-refractivity contribution is 6.04. The van der Waals surface area contributed by atoms with Gasteiger partial charge < -0.3 is 25.2 Å². The van der Waals surface area contributed by atoms with Crippen LogP contribution in [0.15, 0.2) is 55.2 Å². The van der Waals surface area contributed by atoms with Crippen LogP contribution in [-0.4, -0.2) is 96.1 Å². The smallest absolute Gasteiger partial charge is 0.475 e. The number of nitrogens with one attached hydrogen (secondary N) is 2. The topological polar surface area (TPSA) is 167 Å². The molecule has 0 aliphatic carbocycles. The first-order valence-electron chi connectivity index (χ1n) is 16.3. The van der Waals surface area contributed by atoms with Gasteiger partial charge in [-0.25, -0.2) is 19.6 Å². The molecule has 1 atom stereocenters. The van der Waals surface area contributed by atoms with E-state index in [2.05, 4.69) is 38.9 Å². The number of carboxylic acids is 2. The average Bonchev–Trinajstić information content (AvgIpc) is 3.85. The van der Waals surface area contributed by atoms with E-state index in [-0.39, 0.29) is 5.91 Å². The Hall–Kier alpha value is -5.04. The second-order valence-corrected chi connectivity index (χ2v) is 12.3.